The van der Waals surface area contributed by atoms with Crippen LogP contribution in [0.4, 0.5) is 0 Å². The van der Waals surface area contributed by atoms with Gasteiger partial charge in [-0.05, 0) is 36.6 Å². The van der Waals surface area contributed by atoms with Crippen LogP contribution in [-0.2, 0) is 24.4 Å². The number of benzene rings is 1. The summed E-state index contributed by atoms with van der Waals surface area (Å²) >= 11 is 0. The number of hydrogen-bond donors (Lipinski definition) is 2. The summed E-state index contributed by atoms with van der Waals surface area (Å²) in [6.45, 7) is 6.70. The van der Waals surface area contributed by atoms with Crippen LogP contribution in [-0.4, -0.2) is 41.0 Å². The zero-order valence-corrected chi connectivity index (χ0v) is 16.0. The number of rotatable bonds is 8. The average Bonchev–Trinajstić information content (AvgIpc) is 3.34. The lowest BCUT2D eigenvalue weighted by molar-refractivity contribution is -0.131. The monoisotopic (exact) mass is 367 g/mol. The Morgan fingerprint density at radius 2 is 1.78 bits per heavy atom. The van der Waals surface area contributed by atoms with Crippen LogP contribution in [0.3, 0.4) is 0 Å². The van der Waals surface area contributed by atoms with Crippen molar-refractivity contribution in [1.82, 2.24) is 20.1 Å². The lowest BCUT2D eigenvalue weighted by Gasteiger charge is -2.15. The first-order valence-corrected chi connectivity index (χ1v) is 9.73. The first kappa shape index (κ1) is 19.0. The quantitative estimate of drug-likeness (QED) is 0.428. The highest BCUT2D eigenvalue weighted by molar-refractivity contribution is 5.80. The summed E-state index contributed by atoms with van der Waals surface area (Å²) in [7, 11) is 0. The fourth-order valence-corrected chi connectivity index (χ4v) is 3.25. The molecule has 0 fully saturated rings. The van der Waals surface area contributed by atoms with Crippen LogP contribution in [0.5, 0.6) is 0 Å². The Labute approximate surface area is 161 Å². The molecule has 27 heavy (non-hydrogen) atoms. The van der Waals surface area contributed by atoms with Crippen molar-refractivity contribution >= 4 is 11.9 Å². The van der Waals surface area contributed by atoms with E-state index in [9.17, 15) is 4.79 Å². The Balaban J connectivity index is 1.38. The number of hydrogen-bond acceptors (Lipinski definition) is 2. The third-order valence-electron chi connectivity index (χ3n) is 4.69. The molecule has 0 unspecified atom stereocenters. The van der Waals surface area contributed by atoms with Gasteiger partial charge in [0, 0.05) is 58.1 Å². The first-order chi connectivity index (χ1) is 13.3. The van der Waals surface area contributed by atoms with Gasteiger partial charge in [0.15, 0.2) is 5.96 Å². The molecule has 0 aliphatic carbocycles. The van der Waals surface area contributed by atoms with Gasteiger partial charge >= 0.3 is 0 Å². The van der Waals surface area contributed by atoms with Crippen LogP contribution in [0.1, 0.15) is 30.9 Å². The van der Waals surface area contributed by atoms with E-state index in [1.54, 1.807) is 0 Å². The summed E-state index contributed by atoms with van der Waals surface area (Å²) < 4.78 is 2.13. The van der Waals surface area contributed by atoms with Gasteiger partial charge in [0.2, 0.25) is 5.91 Å². The van der Waals surface area contributed by atoms with Crippen LogP contribution >= 0.6 is 0 Å². The number of carbonyl (C=O) groups is 1. The summed E-state index contributed by atoms with van der Waals surface area (Å²) in [5, 5.41) is 6.59. The van der Waals surface area contributed by atoms with Crippen molar-refractivity contribution < 1.29 is 4.79 Å². The third kappa shape index (κ3) is 5.61. The van der Waals surface area contributed by atoms with Crippen molar-refractivity contribution in [2.75, 3.05) is 19.6 Å². The summed E-state index contributed by atoms with van der Waals surface area (Å²) in [5.74, 6) is 1.03. The maximum absolute atomic E-state index is 12.4. The highest BCUT2D eigenvalue weighted by Crippen LogP contribution is 2.22. The molecule has 1 aliphatic heterocycles. The van der Waals surface area contributed by atoms with E-state index in [-0.39, 0.29) is 5.91 Å². The second-order valence-corrected chi connectivity index (χ2v) is 6.73. The Morgan fingerprint density at radius 3 is 2.44 bits per heavy atom. The van der Waals surface area contributed by atoms with Gasteiger partial charge in [-0.15, -0.1) is 0 Å². The highest BCUT2D eigenvalue weighted by atomic mass is 16.2. The van der Waals surface area contributed by atoms with Gasteiger partial charge in [-0.3, -0.25) is 9.79 Å². The molecule has 1 aliphatic rings. The number of nitrogens with one attached hydrogen (secondary N) is 2. The van der Waals surface area contributed by atoms with E-state index >= 15 is 0 Å². The molecular formula is C21H29N5O. The number of nitrogens with zero attached hydrogens (tertiary/aromatic N) is 3. The number of guanidine groups is 1. The Hall–Kier alpha value is -2.76. The minimum Gasteiger partial charge on any atom is -0.357 e. The molecule has 1 aromatic carbocycles. The fourth-order valence-electron chi connectivity index (χ4n) is 3.25. The van der Waals surface area contributed by atoms with E-state index in [1.807, 2.05) is 41.6 Å². The SMILES string of the molecule is CCNC(=NCCCC(=O)N1Cc2ccccc2C1)NCCn1cccc1. The maximum Gasteiger partial charge on any atom is 0.223 e. The molecule has 0 bridgehead atoms. The van der Waals surface area contributed by atoms with Gasteiger partial charge in [0.05, 0.1) is 0 Å². The summed E-state index contributed by atoms with van der Waals surface area (Å²) in [5.41, 5.74) is 2.54. The lowest BCUT2D eigenvalue weighted by Crippen LogP contribution is -2.39. The molecule has 2 N–H and O–H groups in total. The number of amides is 1. The van der Waals surface area contributed by atoms with Crippen molar-refractivity contribution in [2.24, 2.45) is 4.99 Å². The molecule has 0 atom stereocenters. The minimum absolute atomic E-state index is 0.215. The molecule has 0 saturated heterocycles. The van der Waals surface area contributed by atoms with Crippen molar-refractivity contribution in [1.29, 1.82) is 0 Å². The zero-order chi connectivity index (χ0) is 18.9. The Morgan fingerprint density at radius 1 is 1.07 bits per heavy atom. The molecule has 2 aromatic rings. The molecule has 6 heteroatoms. The van der Waals surface area contributed by atoms with Gasteiger partial charge in [-0.2, -0.15) is 0 Å². The number of aromatic nitrogens is 1. The smallest absolute Gasteiger partial charge is 0.223 e. The van der Waals surface area contributed by atoms with Crippen molar-refractivity contribution in [3.63, 3.8) is 0 Å². The predicted octanol–water partition coefficient (Wildman–Crippen LogP) is 2.37. The van der Waals surface area contributed by atoms with Crippen LogP contribution in [0.15, 0.2) is 53.8 Å². The summed E-state index contributed by atoms with van der Waals surface area (Å²) in [4.78, 5) is 19.0. The number of fused-ring (bicyclic) bond motifs is 1. The molecule has 144 valence electrons. The lowest BCUT2D eigenvalue weighted by atomic mass is 10.1. The van der Waals surface area contributed by atoms with Crippen LogP contribution < -0.4 is 10.6 Å². The highest BCUT2D eigenvalue weighted by Gasteiger charge is 2.22. The number of aliphatic imine (C=N–C) groups is 1. The second kappa shape index (κ2) is 9.80. The average molecular weight is 367 g/mol. The zero-order valence-electron chi connectivity index (χ0n) is 16.0. The second-order valence-electron chi connectivity index (χ2n) is 6.73. The van der Waals surface area contributed by atoms with E-state index in [1.165, 1.54) is 11.1 Å². The molecule has 6 nitrogen and oxygen atoms in total. The minimum atomic E-state index is 0.215. The Bertz CT molecular complexity index is 729. The van der Waals surface area contributed by atoms with Crippen molar-refractivity contribution in [3.05, 3.63) is 59.9 Å². The molecule has 2 heterocycles. The van der Waals surface area contributed by atoms with E-state index in [0.29, 0.717) is 13.0 Å². The van der Waals surface area contributed by atoms with Crippen molar-refractivity contribution in [2.45, 2.75) is 39.4 Å². The number of carbonyl (C=O) groups excluding carboxylic acids is 1. The molecular weight excluding hydrogens is 338 g/mol. The van der Waals surface area contributed by atoms with E-state index < -0.39 is 0 Å². The van der Waals surface area contributed by atoms with Gasteiger partial charge in [0.1, 0.15) is 0 Å². The van der Waals surface area contributed by atoms with Gasteiger partial charge in [-0.1, -0.05) is 24.3 Å². The van der Waals surface area contributed by atoms with Crippen LogP contribution in [0, 0.1) is 0 Å². The third-order valence-corrected chi connectivity index (χ3v) is 4.69. The van der Waals surface area contributed by atoms with Crippen LogP contribution in [0.25, 0.3) is 0 Å². The van der Waals surface area contributed by atoms with Crippen LogP contribution in [0.2, 0.25) is 0 Å². The maximum atomic E-state index is 12.4. The predicted molar refractivity (Wildman–Crippen MR) is 108 cm³/mol. The van der Waals surface area contributed by atoms with E-state index in [4.69, 9.17) is 0 Å². The fraction of sp³-hybridized carbons (Fsp3) is 0.429. The van der Waals surface area contributed by atoms with Crippen molar-refractivity contribution in [3.8, 4) is 0 Å². The molecule has 0 radical (unpaired) electrons. The molecule has 0 spiro atoms. The van der Waals surface area contributed by atoms with E-state index in [0.717, 1.165) is 45.1 Å². The molecule has 0 saturated carbocycles. The summed E-state index contributed by atoms with van der Waals surface area (Å²) in [6.07, 6.45) is 5.40. The first-order valence-electron chi connectivity index (χ1n) is 9.73. The molecule has 3 rings (SSSR count). The van der Waals surface area contributed by atoms with Gasteiger partial charge in [-0.25, -0.2) is 0 Å². The Kier molecular flexibility index (Phi) is 6.90. The molecule has 1 amide bonds. The topological polar surface area (TPSA) is 61.7 Å². The standard InChI is InChI=1S/C21H29N5O/c1-2-22-21(24-12-15-25-13-5-6-14-25)23-11-7-10-20(27)26-16-18-8-3-4-9-19(18)17-26/h3-6,8-9,13-14H,2,7,10-12,15-17H2,1H3,(H2,22,23,24). The largest absolute Gasteiger partial charge is 0.357 e. The normalized spacial score (nSPS) is 13.5. The molecule has 1 aromatic heterocycles. The van der Waals surface area contributed by atoms with E-state index in [2.05, 4.69) is 39.2 Å². The van der Waals surface area contributed by atoms with Gasteiger partial charge < -0.3 is 20.1 Å². The summed E-state index contributed by atoms with van der Waals surface area (Å²) in [6, 6.07) is 12.3. The van der Waals surface area contributed by atoms with Gasteiger partial charge in [0.25, 0.3) is 0 Å².